The predicted octanol–water partition coefficient (Wildman–Crippen LogP) is 5.88. The minimum Gasteiger partial charge on any atom is -0.508 e. The Bertz CT molecular complexity index is 2090. The number of nitrogens with zero attached hydrogens (tertiary/aromatic N) is 3. The minimum absolute atomic E-state index is 0.0309. The third-order valence-corrected chi connectivity index (χ3v) is 11.3. The lowest BCUT2D eigenvalue weighted by Gasteiger charge is -2.50. The molecule has 2 aromatic carbocycles. The zero-order valence-corrected chi connectivity index (χ0v) is 28.7. The molecule has 2 saturated heterocycles. The highest BCUT2D eigenvalue weighted by atomic mass is 35.5. The number of anilines is 1. The van der Waals surface area contributed by atoms with Gasteiger partial charge in [-0.05, 0) is 66.6 Å². The molecule has 6 atom stereocenters. The summed E-state index contributed by atoms with van der Waals surface area (Å²) in [6.07, 6.45) is -2.88. The summed E-state index contributed by atoms with van der Waals surface area (Å²) in [5, 5.41) is 20.3. The SMILES string of the molecule is Cc1cc(C2C3=CCC4C(=O)N(CCC(=O)O)C(=O)C4C3CC3C(=O)N(Nc4ncc(C(F)(F)F)cc4Cl)C(=O)C32c2ccc(Cl)cc2)ccc1O. The van der Waals surface area contributed by atoms with Crippen LogP contribution in [-0.2, 0) is 35.6 Å². The summed E-state index contributed by atoms with van der Waals surface area (Å²) in [7, 11) is 0. The van der Waals surface area contributed by atoms with Crippen molar-refractivity contribution in [3.8, 4) is 5.75 Å². The number of aliphatic carboxylic acids is 1. The zero-order chi connectivity index (χ0) is 37.4. The number of carbonyl (C=O) groups is 5. The van der Waals surface area contributed by atoms with E-state index in [0.29, 0.717) is 44.6 Å². The number of aromatic nitrogens is 1. The van der Waals surface area contributed by atoms with Crippen LogP contribution in [0.1, 0.15) is 47.4 Å². The third kappa shape index (κ3) is 5.42. The molecule has 2 aliphatic heterocycles. The van der Waals surface area contributed by atoms with Crippen molar-refractivity contribution in [1.29, 1.82) is 0 Å². The van der Waals surface area contributed by atoms with Gasteiger partial charge < -0.3 is 10.2 Å². The number of hydrazine groups is 1. The number of aromatic hydroxyl groups is 1. The Morgan fingerprint density at radius 2 is 1.73 bits per heavy atom. The molecule has 2 aliphatic carbocycles. The van der Waals surface area contributed by atoms with E-state index in [1.54, 1.807) is 49.4 Å². The van der Waals surface area contributed by atoms with Crippen LogP contribution in [0.2, 0.25) is 10.0 Å². The Kier molecular flexibility index (Phi) is 8.61. The third-order valence-electron chi connectivity index (χ3n) is 10.8. The first-order chi connectivity index (χ1) is 24.5. The molecule has 0 radical (unpaired) electrons. The Labute approximate surface area is 304 Å². The van der Waals surface area contributed by atoms with Crippen LogP contribution in [0.3, 0.4) is 0 Å². The van der Waals surface area contributed by atoms with Gasteiger partial charge in [-0.25, -0.2) is 4.98 Å². The number of carbonyl (C=O) groups excluding carboxylic acids is 4. The summed E-state index contributed by atoms with van der Waals surface area (Å²) in [5.74, 6) is -8.96. The number of alkyl halides is 3. The zero-order valence-electron chi connectivity index (χ0n) is 27.2. The molecular weight excluding hydrogens is 728 g/mol. The van der Waals surface area contributed by atoms with Crippen LogP contribution in [0.5, 0.6) is 5.75 Å². The largest absolute Gasteiger partial charge is 0.508 e. The summed E-state index contributed by atoms with van der Waals surface area (Å²) in [4.78, 5) is 73.4. The fourth-order valence-electron chi connectivity index (χ4n) is 8.51. The second-order valence-electron chi connectivity index (χ2n) is 13.4. The quantitative estimate of drug-likeness (QED) is 0.198. The number of benzene rings is 2. The van der Waals surface area contributed by atoms with E-state index in [0.717, 1.165) is 4.90 Å². The number of amides is 4. The fourth-order valence-corrected chi connectivity index (χ4v) is 8.84. The highest BCUT2D eigenvalue weighted by Crippen LogP contribution is 2.64. The number of pyridine rings is 1. The number of allylic oxidation sites excluding steroid dienone is 2. The van der Waals surface area contributed by atoms with Crippen LogP contribution in [0.25, 0.3) is 0 Å². The topological polar surface area (TPSA) is 157 Å². The van der Waals surface area contributed by atoms with Gasteiger partial charge in [-0.1, -0.05) is 59.1 Å². The maximum absolute atomic E-state index is 15.2. The van der Waals surface area contributed by atoms with Gasteiger partial charge in [0.2, 0.25) is 11.8 Å². The number of carboxylic acid groups (broad SMARTS) is 1. The molecule has 3 aromatic rings. The van der Waals surface area contributed by atoms with E-state index in [4.69, 9.17) is 23.2 Å². The first-order valence-corrected chi connectivity index (χ1v) is 17.0. The number of phenols is 1. The number of fused-ring (bicyclic) bond motifs is 4. The van der Waals surface area contributed by atoms with Gasteiger partial charge in [-0.15, -0.1) is 0 Å². The molecule has 7 rings (SSSR count). The molecule has 0 bridgehead atoms. The molecule has 4 amide bonds. The maximum atomic E-state index is 15.2. The first-order valence-electron chi connectivity index (χ1n) is 16.3. The molecule has 3 N–H and O–H groups in total. The number of halogens is 5. The van der Waals surface area contributed by atoms with Crippen molar-refractivity contribution in [2.75, 3.05) is 12.0 Å². The van der Waals surface area contributed by atoms with Crippen molar-refractivity contribution in [3.05, 3.63) is 98.7 Å². The molecule has 0 spiro atoms. The number of aryl methyl sites for hydroxylation is 1. The van der Waals surface area contributed by atoms with Gasteiger partial charge in [0, 0.05) is 23.7 Å². The van der Waals surface area contributed by atoms with E-state index in [1.807, 2.05) is 0 Å². The standard InChI is InChI=1S/C36H29Cl2F3N4O7/c1-16-12-17(2-9-26(16)46)29-21-7-8-22-28(33(51)44(31(22)49)11-10-27(47)48)23(21)14-24-32(50)45(34(52)35(24,29)18-3-5-20(37)6-4-18)43-30-25(38)13-19(15-42-30)36(39,40)41/h2-7,9,12-13,15,22-24,28-29,46H,8,10-11,14H2,1H3,(H,42,43)(H,47,48). The van der Waals surface area contributed by atoms with Gasteiger partial charge in [0.05, 0.1) is 40.2 Å². The molecule has 3 heterocycles. The van der Waals surface area contributed by atoms with Crippen LogP contribution in [0, 0.1) is 30.6 Å². The number of hydrogen-bond donors (Lipinski definition) is 3. The van der Waals surface area contributed by atoms with Gasteiger partial charge in [-0.2, -0.15) is 18.2 Å². The van der Waals surface area contributed by atoms with E-state index >= 15 is 4.79 Å². The summed E-state index contributed by atoms with van der Waals surface area (Å²) in [6.45, 7) is 1.33. The number of phenolic OH excluding ortho intramolecular Hbond substituents is 1. The van der Waals surface area contributed by atoms with Gasteiger partial charge in [-0.3, -0.25) is 34.3 Å². The Balaban J connectivity index is 1.41. The Morgan fingerprint density at radius 3 is 2.37 bits per heavy atom. The highest BCUT2D eigenvalue weighted by Gasteiger charge is 2.70. The normalized spacial score (nSPS) is 27.0. The van der Waals surface area contributed by atoms with Gasteiger partial charge in [0.15, 0.2) is 5.82 Å². The number of hydrogen-bond acceptors (Lipinski definition) is 8. The van der Waals surface area contributed by atoms with Crippen LogP contribution in [0.4, 0.5) is 19.0 Å². The number of nitrogens with one attached hydrogen (secondary N) is 1. The van der Waals surface area contributed by atoms with E-state index in [9.17, 15) is 42.6 Å². The molecule has 52 heavy (non-hydrogen) atoms. The second-order valence-corrected chi connectivity index (χ2v) is 14.3. The van der Waals surface area contributed by atoms with Crippen molar-refractivity contribution in [2.24, 2.45) is 23.7 Å². The van der Waals surface area contributed by atoms with Gasteiger partial charge >= 0.3 is 12.1 Å². The van der Waals surface area contributed by atoms with Crippen molar-refractivity contribution in [2.45, 2.75) is 43.7 Å². The molecule has 1 saturated carbocycles. The first kappa shape index (κ1) is 35.5. The van der Waals surface area contributed by atoms with Crippen molar-refractivity contribution >= 4 is 58.6 Å². The van der Waals surface area contributed by atoms with Crippen molar-refractivity contribution in [1.82, 2.24) is 14.9 Å². The van der Waals surface area contributed by atoms with Gasteiger partial charge in [0.1, 0.15) is 5.75 Å². The van der Waals surface area contributed by atoms with Crippen LogP contribution in [-0.4, -0.2) is 61.2 Å². The van der Waals surface area contributed by atoms with E-state index < -0.39 is 87.8 Å². The van der Waals surface area contributed by atoms with Crippen molar-refractivity contribution in [3.63, 3.8) is 0 Å². The average Bonchev–Trinajstić information content (AvgIpc) is 3.46. The second kappa shape index (κ2) is 12.6. The molecule has 11 nitrogen and oxygen atoms in total. The Hall–Kier alpha value is -4.95. The monoisotopic (exact) mass is 756 g/mol. The van der Waals surface area contributed by atoms with E-state index in [1.165, 1.54) is 6.07 Å². The number of rotatable bonds is 7. The maximum Gasteiger partial charge on any atom is 0.417 e. The molecule has 3 fully saturated rings. The highest BCUT2D eigenvalue weighted by molar-refractivity contribution is 6.33. The van der Waals surface area contributed by atoms with Gasteiger partial charge in [0.25, 0.3) is 11.8 Å². The molecule has 270 valence electrons. The average molecular weight is 758 g/mol. The predicted molar refractivity (Wildman–Crippen MR) is 179 cm³/mol. The molecule has 1 aromatic heterocycles. The van der Waals surface area contributed by atoms with E-state index in [2.05, 4.69) is 10.4 Å². The lowest BCUT2D eigenvalue weighted by atomic mass is 9.49. The van der Waals surface area contributed by atoms with Crippen LogP contribution >= 0.6 is 23.2 Å². The lowest BCUT2D eigenvalue weighted by molar-refractivity contribution is -0.143. The number of carboxylic acids is 1. The summed E-state index contributed by atoms with van der Waals surface area (Å²) < 4.78 is 40.2. The summed E-state index contributed by atoms with van der Waals surface area (Å²) >= 11 is 12.5. The molecular formula is C36H29Cl2F3N4O7. The lowest BCUT2D eigenvalue weighted by Crippen LogP contribution is -2.53. The number of likely N-dealkylation sites (tertiary alicyclic amines) is 1. The minimum atomic E-state index is -4.76. The molecule has 6 unspecified atom stereocenters. The number of imide groups is 2. The van der Waals surface area contributed by atoms with Crippen LogP contribution in [0.15, 0.2) is 66.4 Å². The molecule has 16 heteroatoms. The van der Waals surface area contributed by atoms with E-state index in [-0.39, 0.29) is 31.0 Å². The fraction of sp³-hybridized carbons (Fsp3) is 0.333. The van der Waals surface area contributed by atoms with Crippen LogP contribution < -0.4 is 5.43 Å². The summed E-state index contributed by atoms with van der Waals surface area (Å²) in [6, 6.07) is 11.7. The Morgan fingerprint density at radius 1 is 1.02 bits per heavy atom. The summed E-state index contributed by atoms with van der Waals surface area (Å²) in [5.41, 5.74) is 1.64. The van der Waals surface area contributed by atoms with Crippen molar-refractivity contribution < 1.29 is 47.4 Å². The molecule has 4 aliphatic rings. The smallest absolute Gasteiger partial charge is 0.417 e.